The summed E-state index contributed by atoms with van der Waals surface area (Å²) in [7, 11) is -1.97. The average Bonchev–Trinajstić information content (AvgIpc) is 2.88. The molecule has 0 unspecified atom stereocenters. The molecule has 0 aliphatic carbocycles. The number of nitrogens with zero attached hydrogens (tertiary/aromatic N) is 1. The monoisotopic (exact) mass is 329 g/mol. The van der Waals surface area contributed by atoms with E-state index in [9.17, 15) is 8.42 Å². The molecule has 0 aliphatic rings. The number of benzene rings is 1. The molecule has 0 fully saturated rings. The van der Waals surface area contributed by atoms with Gasteiger partial charge in [-0.3, -0.25) is 0 Å². The zero-order valence-electron chi connectivity index (χ0n) is 9.71. The number of ether oxygens (including phenoxy) is 1. The van der Waals surface area contributed by atoms with E-state index in [0.717, 1.165) is 5.56 Å². The van der Waals surface area contributed by atoms with Crippen molar-refractivity contribution in [2.24, 2.45) is 0 Å². The van der Waals surface area contributed by atoms with Crippen molar-refractivity contribution in [2.75, 3.05) is 7.11 Å². The highest BCUT2D eigenvalue weighted by molar-refractivity contribution is 9.08. The summed E-state index contributed by atoms with van der Waals surface area (Å²) in [6, 6.07) is 8.07. The van der Waals surface area contributed by atoms with Crippen molar-refractivity contribution < 1.29 is 13.2 Å². The minimum Gasteiger partial charge on any atom is -0.497 e. The van der Waals surface area contributed by atoms with Gasteiger partial charge in [0, 0.05) is 17.7 Å². The molecule has 0 amide bonds. The van der Waals surface area contributed by atoms with Crippen LogP contribution in [0, 0.1) is 0 Å². The van der Waals surface area contributed by atoms with Gasteiger partial charge >= 0.3 is 0 Å². The van der Waals surface area contributed by atoms with Gasteiger partial charge in [-0.2, -0.15) is 0 Å². The Morgan fingerprint density at radius 3 is 2.39 bits per heavy atom. The normalized spacial score (nSPS) is 11.4. The third-order valence-electron chi connectivity index (χ3n) is 2.52. The van der Waals surface area contributed by atoms with Gasteiger partial charge in [-0.25, -0.2) is 12.4 Å². The number of hydrogen-bond donors (Lipinski definition) is 0. The van der Waals surface area contributed by atoms with Crippen LogP contribution in [0.15, 0.2) is 47.6 Å². The predicted molar refractivity (Wildman–Crippen MR) is 72.6 cm³/mol. The van der Waals surface area contributed by atoms with Crippen LogP contribution in [-0.4, -0.2) is 19.5 Å². The first kappa shape index (κ1) is 13.2. The van der Waals surface area contributed by atoms with Crippen LogP contribution in [-0.2, 0) is 15.4 Å². The van der Waals surface area contributed by atoms with Gasteiger partial charge in [0.15, 0.2) is 0 Å². The Balaban J connectivity index is 2.40. The molecule has 0 radical (unpaired) electrons. The Morgan fingerprint density at radius 2 is 1.89 bits per heavy atom. The van der Waals surface area contributed by atoms with Crippen LogP contribution in [0.5, 0.6) is 5.75 Å². The molecule has 0 aliphatic heterocycles. The van der Waals surface area contributed by atoms with Crippen molar-refractivity contribution in [2.45, 2.75) is 10.2 Å². The number of aromatic nitrogens is 1. The highest BCUT2D eigenvalue weighted by Gasteiger charge is 2.16. The Kier molecular flexibility index (Phi) is 3.77. The molecular weight excluding hydrogens is 318 g/mol. The average molecular weight is 330 g/mol. The molecule has 6 heteroatoms. The molecule has 0 spiro atoms. The van der Waals surface area contributed by atoms with E-state index in [1.165, 1.54) is 29.4 Å². The molecule has 4 nitrogen and oxygen atoms in total. The first-order valence-electron chi connectivity index (χ1n) is 5.20. The Morgan fingerprint density at radius 1 is 1.22 bits per heavy atom. The Hall–Kier alpha value is -1.27. The molecule has 0 saturated heterocycles. The first-order chi connectivity index (χ1) is 8.57. The topological polar surface area (TPSA) is 48.3 Å². The minimum absolute atomic E-state index is 0.236. The molecular formula is C12H12BrNO3S. The molecule has 0 saturated carbocycles. The van der Waals surface area contributed by atoms with E-state index in [0.29, 0.717) is 11.1 Å². The number of methoxy groups -OCH3 is 1. The molecule has 18 heavy (non-hydrogen) atoms. The maximum atomic E-state index is 12.3. The molecule has 96 valence electrons. The highest BCUT2D eigenvalue weighted by atomic mass is 79.9. The summed E-state index contributed by atoms with van der Waals surface area (Å²) in [5.41, 5.74) is 0.909. The van der Waals surface area contributed by atoms with E-state index in [-0.39, 0.29) is 4.90 Å². The first-order valence-corrected chi connectivity index (χ1v) is 7.76. The van der Waals surface area contributed by atoms with Crippen molar-refractivity contribution in [3.8, 4) is 5.75 Å². The fourth-order valence-electron chi connectivity index (χ4n) is 1.52. The van der Waals surface area contributed by atoms with Gasteiger partial charge in [-0.1, -0.05) is 15.9 Å². The van der Waals surface area contributed by atoms with Crippen LogP contribution >= 0.6 is 15.9 Å². The lowest BCUT2D eigenvalue weighted by atomic mass is 10.3. The smallest absolute Gasteiger partial charge is 0.267 e. The van der Waals surface area contributed by atoms with E-state index in [1.54, 1.807) is 24.4 Å². The number of alkyl halides is 1. The largest absolute Gasteiger partial charge is 0.497 e. The van der Waals surface area contributed by atoms with Crippen LogP contribution in [0.1, 0.15) is 5.56 Å². The van der Waals surface area contributed by atoms with Gasteiger partial charge in [0.25, 0.3) is 10.0 Å². The fourth-order valence-corrected chi connectivity index (χ4v) is 3.07. The molecule has 2 aromatic rings. The van der Waals surface area contributed by atoms with Crippen LogP contribution in [0.25, 0.3) is 0 Å². The zero-order valence-corrected chi connectivity index (χ0v) is 12.1. The van der Waals surface area contributed by atoms with E-state index in [4.69, 9.17) is 4.74 Å². The lowest BCUT2D eigenvalue weighted by molar-refractivity contribution is 0.414. The standard InChI is InChI=1S/C12H12BrNO3S/c1-17-11-2-4-12(5-3-11)18(15,16)14-7-6-10(8-13)9-14/h2-7,9H,8H2,1H3. The van der Waals surface area contributed by atoms with Crippen molar-refractivity contribution in [1.82, 2.24) is 3.97 Å². The molecule has 0 bridgehead atoms. The number of halogens is 1. The van der Waals surface area contributed by atoms with Gasteiger partial charge in [0.2, 0.25) is 0 Å². The summed E-state index contributed by atoms with van der Waals surface area (Å²) in [6.45, 7) is 0. The van der Waals surface area contributed by atoms with E-state index < -0.39 is 10.0 Å². The Labute approximate surface area is 114 Å². The summed E-state index contributed by atoms with van der Waals surface area (Å²) in [5.74, 6) is 0.627. The van der Waals surface area contributed by atoms with E-state index in [2.05, 4.69) is 15.9 Å². The second-order valence-corrected chi connectivity index (χ2v) is 6.07. The highest BCUT2D eigenvalue weighted by Crippen LogP contribution is 2.19. The maximum absolute atomic E-state index is 12.3. The summed E-state index contributed by atoms with van der Waals surface area (Å²) in [6.07, 6.45) is 3.13. The van der Waals surface area contributed by atoms with E-state index in [1.807, 2.05) is 0 Å². The van der Waals surface area contributed by atoms with E-state index >= 15 is 0 Å². The summed E-state index contributed by atoms with van der Waals surface area (Å²) < 4.78 is 30.8. The summed E-state index contributed by atoms with van der Waals surface area (Å²) in [4.78, 5) is 0.236. The fraction of sp³-hybridized carbons (Fsp3) is 0.167. The molecule has 1 aromatic heterocycles. The third-order valence-corrected chi connectivity index (χ3v) is 4.82. The van der Waals surface area contributed by atoms with Gasteiger partial charge in [0.1, 0.15) is 5.75 Å². The van der Waals surface area contributed by atoms with Gasteiger partial charge < -0.3 is 4.74 Å². The van der Waals surface area contributed by atoms with Crippen molar-refractivity contribution in [3.63, 3.8) is 0 Å². The second kappa shape index (κ2) is 5.16. The van der Waals surface area contributed by atoms with Gasteiger partial charge in [-0.05, 0) is 35.9 Å². The second-order valence-electron chi connectivity index (χ2n) is 3.66. The molecule has 2 rings (SSSR count). The lowest BCUT2D eigenvalue weighted by Gasteiger charge is -2.06. The van der Waals surface area contributed by atoms with Crippen molar-refractivity contribution in [1.29, 1.82) is 0 Å². The van der Waals surface area contributed by atoms with Crippen LogP contribution in [0.4, 0.5) is 0 Å². The predicted octanol–water partition coefficient (Wildman–Crippen LogP) is 2.63. The molecule has 0 atom stereocenters. The molecule has 1 heterocycles. The molecule has 1 aromatic carbocycles. The van der Waals surface area contributed by atoms with Crippen molar-refractivity contribution in [3.05, 3.63) is 48.3 Å². The van der Waals surface area contributed by atoms with Crippen LogP contribution in [0.2, 0.25) is 0 Å². The SMILES string of the molecule is COc1ccc(S(=O)(=O)n2ccc(CBr)c2)cc1. The summed E-state index contributed by atoms with van der Waals surface area (Å²) in [5, 5.41) is 0.623. The minimum atomic E-state index is -3.51. The lowest BCUT2D eigenvalue weighted by Crippen LogP contribution is -2.10. The zero-order chi connectivity index (χ0) is 13.2. The van der Waals surface area contributed by atoms with Crippen LogP contribution in [0.3, 0.4) is 0 Å². The van der Waals surface area contributed by atoms with Gasteiger partial charge in [-0.15, -0.1) is 0 Å². The van der Waals surface area contributed by atoms with Crippen LogP contribution < -0.4 is 4.74 Å². The Bertz CT molecular complexity index is 632. The molecule has 0 N–H and O–H groups in total. The number of rotatable bonds is 4. The third kappa shape index (κ3) is 2.44. The maximum Gasteiger partial charge on any atom is 0.267 e. The summed E-state index contributed by atoms with van der Waals surface area (Å²) >= 11 is 3.29. The quantitative estimate of drug-likeness (QED) is 0.810. The number of hydrogen-bond acceptors (Lipinski definition) is 3. The van der Waals surface area contributed by atoms with Crippen molar-refractivity contribution >= 4 is 26.0 Å². The van der Waals surface area contributed by atoms with Gasteiger partial charge in [0.05, 0.1) is 12.0 Å².